The van der Waals surface area contributed by atoms with Gasteiger partial charge in [0.1, 0.15) is 12.3 Å². The van der Waals surface area contributed by atoms with Crippen LogP contribution in [0.15, 0.2) is 42.9 Å². The van der Waals surface area contributed by atoms with Crippen LogP contribution in [0.5, 0.6) is 0 Å². The van der Waals surface area contributed by atoms with E-state index in [-0.39, 0.29) is 30.5 Å². The fourth-order valence-corrected chi connectivity index (χ4v) is 4.60. The zero-order chi connectivity index (χ0) is 24.0. The van der Waals surface area contributed by atoms with Crippen LogP contribution in [-0.4, -0.2) is 44.9 Å². The van der Waals surface area contributed by atoms with Gasteiger partial charge in [0.15, 0.2) is 0 Å². The number of nitrogens with one attached hydrogen (secondary N) is 1. The van der Waals surface area contributed by atoms with Crippen LogP contribution in [0.25, 0.3) is 5.69 Å². The highest BCUT2D eigenvalue weighted by atomic mass is 19.4. The third-order valence-electron chi connectivity index (χ3n) is 6.23. The Bertz CT molecular complexity index is 1240. The lowest BCUT2D eigenvalue weighted by atomic mass is 9.93. The molecule has 2 aliphatic heterocycles. The average molecular weight is 472 g/mol. The number of ether oxygens (including phenoxy) is 1. The molecule has 4 heterocycles. The van der Waals surface area contributed by atoms with Crippen molar-refractivity contribution < 1.29 is 22.7 Å². The Morgan fingerprint density at radius 2 is 2.09 bits per heavy atom. The summed E-state index contributed by atoms with van der Waals surface area (Å²) in [6.07, 6.45) is -0.320. The molecule has 0 amide bonds. The molecule has 0 bridgehead atoms. The second-order valence-electron chi connectivity index (χ2n) is 8.59. The van der Waals surface area contributed by atoms with Crippen LogP contribution in [0.4, 0.5) is 13.2 Å². The Kier molecular flexibility index (Phi) is 5.62. The van der Waals surface area contributed by atoms with Crippen LogP contribution in [0.3, 0.4) is 0 Å². The van der Waals surface area contributed by atoms with E-state index in [2.05, 4.69) is 20.3 Å². The van der Waals surface area contributed by atoms with Crippen molar-refractivity contribution in [3.8, 4) is 5.69 Å². The van der Waals surface area contributed by atoms with Gasteiger partial charge in [0.2, 0.25) is 0 Å². The van der Waals surface area contributed by atoms with Gasteiger partial charge in [-0.1, -0.05) is 6.07 Å². The number of halogens is 3. The lowest BCUT2D eigenvalue weighted by Crippen LogP contribution is -2.56. The summed E-state index contributed by atoms with van der Waals surface area (Å²) in [5.74, 6) is -0.298. The highest BCUT2D eigenvalue weighted by molar-refractivity contribution is 5.94. The van der Waals surface area contributed by atoms with Crippen LogP contribution >= 0.6 is 0 Å². The van der Waals surface area contributed by atoms with E-state index in [9.17, 15) is 18.0 Å². The van der Waals surface area contributed by atoms with Gasteiger partial charge in [0.25, 0.3) is 0 Å². The van der Waals surface area contributed by atoms with Crippen LogP contribution in [0, 0.1) is 6.92 Å². The first-order chi connectivity index (χ1) is 16.2. The Morgan fingerprint density at radius 1 is 1.26 bits per heavy atom. The number of alkyl halides is 3. The summed E-state index contributed by atoms with van der Waals surface area (Å²) in [5.41, 5.74) is 10.0. The minimum absolute atomic E-state index is 0.0469. The van der Waals surface area contributed by atoms with E-state index >= 15 is 0 Å². The average Bonchev–Trinajstić information content (AvgIpc) is 3.40. The van der Waals surface area contributed by atoms with E-state index in [1.165, 1.54) is 10.7 Å². The minimum Gasteiger partial charge on any atom is -0.457 e. The zero-order valence-corrected chi connectivity index (χ0v) is 18.3. The molecule has 2 atom stereocenters. The largest absolute Gasteiger partial charge is 0.457 e. The first-order valence-electron chi connectivity index (χ1n) is 10.8. The molecule has 2 aliphatic rings. The molecule has 1 aromatic carbocycles. The summed E-state index contributed by atoms with van der Waals surface area (Å²) in [6.45, 7) is 4.06. The topological polar surface area (TPSA) is 98.3 Å². The molecule has 11 heteroatoms. The number of nitrogens with zero attached hydrogens (tertiary/aromatic N) is 4. The third kappa shape index (κ3) is 4.29. The predicted octanol–water partition coefficient (Wildman–Crippen LogP) is 2.70. The van der Waals surface area contributed by atoms with Crippen LogP contribution < -0.4 is 11.1 Å². The predicted molar refractivity (Wildman–Crippen MR) is 116 cm³/mol. The maximum Gasteiger partial charge on any atom is 0.433 e. The number of piperazine rings is 1. The van der Waals surface area contributed by atoms with Gasteiger partial charge in [0, 0.05) is 49.2 Å². The first kappa shape index (κ1) is 22.5. The molecule has 2 aromatic heterocycles. The monoisotopic (exact) mass is 472 g/mol. The number of hydrogen-bond acceptors (Lipinski definition) is 7. The molecule has 178 valence electrons. The van der Waals surface area contributed by atoms with Crippen LogP contribution in [0.1, 0.15) is 44.3 Å². The van der Waals surface area contributed by atoms with E-state index in [4.69, 9.17) is 10.5 Å². The standard InChI is InChI=1S/C23H23F3N6O2/c1-13-16(2-3-17-18(13)12-34-22(17)33)19-10-31(11-21(27)30-19)8-14-7-29-32(9-14)15-4-5-28-20(6-15)23(24,25)26/h2-7,9,19,21,30H,8,10-12,27H2,1H3/t19-,21+/m0/s1. The lowest BCUT2D eigenvalue weighted by Gasteiger charge is -2.38. The number of fused-ring (bicyclic) bond motifs is 1. The Labute approximate surface area is 193 Å². The first-order valence-corrected chi connectivity index (χ1v) is 10.8. The summed E-state index contributed by atoms with van der Waals surface area (Å²) < 4.78 is 45.5. The highest BCUT2D eigenvalue weighted by Crippen LogP contribution is 2.31. The van der Waals surface area contributed by atoms with Crippen molar-refractivity contribution in [2.24, 2.45) is 5.73 Å². The molecular formula is C23H23F3N6O2. The summed E-state index contributed by atoms with van der Waals surface area (Å²) >= 11 is 0. The molecule has 0 radical (unpaired) electrons. The third-order valence-corrected chi connectivity index (χ3v) is 6.23. The Balaban J connectivity index is 1.33. The van der Waals surface area contributed by atoms with Gasteiger partial charge in [0.05, 0.1) is 23.6 Å². The molecule has 1 fully saturated rings. The summed E-state index contributed by atoms with van der Waals surface area (Å²) in [4.78, 5) is 17.4. The van der Waals surface area contributed by atoms with Crippen molar-refractivity contribution in [1.82, 2.24) is 25.0 Å². The number of pyridine rings is 1. The number of carbonyl (C=O) groups is 1. The van der Waals surface area contributed by atoms with Crippen molar-refractivity contribution >= 4 is 5.97 Å². The van der Waals surface area contributed by atoms with Crippen LogP contribution in [-0.2, 0) is 24.1 Å². The molecule has 8 nitrogen and oxygen atoms in total. The van der Waals surface area contributed by atoms with Crippen molar-refractivity contribution in [2.45, 2.75) is 38.5 Å². The van der Waals surface area contributed by atoms with Crippen LogP contribution in [0.2, 0.25) is 0 Å². The quantitative estimate of drug-likeness (QED) is 0.564. The van der Waals surface area contributed by atoms with Gasteiger partial charge in [-0.15, -0.1) is 0 Å². The zero-order valence-electron chi connectivity index (χ0n) is 18.3. The lowest BCUT2D eigenvalue weighted by molar-refractivity contribution is -0.141. The van der Waals surface area contributed by atoms with Gasteiger partial charge >= 0.3 is 12.1 Å². The molecule has 0 spiro atoms. The van der Waals surface area contributed by atoms with Crippen molar-refractivity contribution in [3.63, 3.8) is 0 Å². The number of nitrogens with two attached hydrogens (primary N) is 1. The van der Waals surface area contributed by atoms with Gasteiger partial charge in [-0.05, 0) is 36.2 Å². The number of cyclic esters (lactones) is 1. The number of esters is 1. The van der Waals surface area contributed by atoms with E-state index < -0.39 is 11.9 Å². The number of carbonyl (C=O) groups excluding carboxylic acids is 1. The van der Waals surface area contributed by atoms with Gasteiger partial charge in [-0.2, -0.15) is 18.3 Å². The Morgan fingerprint density at radius 3 is 2.88 bits per heavy atom. The summed E-state index contributed by atoms with van der Waals surface area (Å²) in [6, 6.07) is 6.14. The minimum atomic E-state index is -4.52. The molecule has 1 saturated heterocycles. The summed E-state index contributed by atoms with van der Waals surface area (Å²) in [7, 11) is 0. The van der Waals surface area contributed by atoms with Crippen molar-refractivity contribution in [3.05, 3.63) is 76.4 Å². The molecule has 3 N–H and O–H groups in total. The number of benzene rings is 1. The second kappa shape index (κ2) is 8.49. The fraction of sp³-hybridized carbons (Fsp3) is 0.348. The number of hydrogen-bond donors (Lipinski definition) is 2. The molecule has 0 unspecified atom stereocenters. The van der Waals surface area contributed by atoms with Gasteiger partial charge < -0.3 is 10.5 Å². The molecular weight excluding hydrogens is 449 g/mol. The molecule has 34 heavy (non-hydrogen) atoms. The number of aromatic nitrogens is 3. The van der Waals surface area contributed by atoms with E-state index in [1.807, 2.05) is 13.0 Å². The number of rotatable bonds is 4. The second-order valence-corrected chi connectivity index (χ2v) is 8.59. The highest BCUT2D eigenvalue weighted by Gasteiger charge is 2.33. The van der Waals surface area contributed by atoms with Crippen molar-refractivity contribution in [2.75, 3.05) is 13.1 Å². The molecule has 0 saturated carbocycles. The van der Waals surface area contributed by atoms with E-state index in [0.29, 0.717) is 25.2 Å². The SMILES string of the molecule is Cc1c([C@@H]2CN(Cc3cnn(-c4ccnc(C(F)(F)F)c4)c3)C[C@H](N)N2)ccc2c1COC2=O. The van der Waals surface area contributed by atoms with Gasteiger partial charge in [-0.3, -0.25) is 15.2 Å². The molecule has 3 aromatic rings. The Hall–Kier alpha value is -3.28. The van der Waals surface area contributed by atoms with Gasteiger partial charge in [-0.25, -0.2) is 9.48 Å². The molecule has 0 aliphatic carbocycles. The van der Waals surface area contributed by atoms with Crippen molar-refractivity contribution in [1.29, 1.82) is 0 Å². The molecule has 5 rings (SSSR count). The maximum absolute atomic E-state index is 13.0. The summed E-state index contributed by atoms with van der Waals surface area (Å²) in [5, 5.41) is 7.65. The smallest absolute Gasteiger partial charge is 0.433 e. The van der Waals surface area contributed by atoms with E-state index in [0.717, 1.165) is 34.5 Å². The fourth-order valence-electron chi connectivity index (χ4n) is 4.60. The maximum atomic E-state index is 13.0. The normalized spacial score (nSPS) is 20.9. The van der Waals surface area contributed by atoms with E-state index in [1.54, 1.807) is 18.5 Å².